The summed E-state index contributed by atoms with van der Waals surface area (Å²) in [6, 6.07) is 11.1. The van der Waals surface area contributed by atoms with Gasteiger partial charge in [0.15, 0.2) is 0 Å². The summed E-state index contributed by atoms with van der Waals surface area (Å²) < 4.78 is 40.6. The Morgan fingerprint density at radius 3 is 2.30 bits per heavy atom. The maximum absolute atomic E-state index is 12.4. The second-order valence-corrected chi connectivity index (χ2v) is 6.86. The summed E-state index contributed by atoms with van der Waals surface area (Å²) in [6.45, 7) is 5.62. The highest BCUT2D eigenvalue weighted by molar-refractivity contribution is 7.87. The summed E-state index contributed by atoms with van der Waals surface area (Å²) in [7, 11) is -2.41. The Balaban J connectivity index is 2.27. The van der Waals surface area contributed by atoms with Gasteiger partial charge in [0, 0.05) is 6.07 Å². The minimum atomic E-state index is -3.92. The van der Waals surface area contributed by atoms with E-state index in [4.69, 9.17) is 13.7 Å². The molecule has 0 amide bonds. The van der Waals surface area contributed by atoms with Gasteiger partial charge in [-0.05, 0) is 56.7 Å². The lowest BCUT2D eigenvalue weighted by atomic mass is 10.2. The van der Waals surface area contributed by atoms with Gasteiger partial charge in [0.05, 0.1) is 13.2 Å². The van der Waals surface area contributed by atoms with Crippen molar-refractivity contribution in [1.82, 2.24) is 0 Å². The molecule has 23 heavy (non-hydrogen) atoms. The van der Waals surface area contributed by atoms with Crippen LogP contribution in [0.25, 0.3) is 0 Å². The zero-order valence-corrected chi connectivity index (χ0v) is 14.4. The van der Waals surface area contributed by atoms with Crippen molar-refractivity contribution in [3.05, 3.63) is 48.0 Å². The van der Waals surface area contributed by atoms with Crippen LogP contribution in [0.3, 0.4) is 0 Å². The molecule has 0 bridgehead atoms. The largest absolute Gasteiger partial charge is 0.497 e. The highest BCUT2D eigenvalue weighted by Gasteiger charge is 2.18. The van der Waals surface area contributed by atoms with E-state index in [9.17, 15) is 8.42 Å². The summed E-state index contributed by atoms with van der Waals surface area (Å²) in [5.41, 5.74) is 0.731. The first-order valence-corrected chi connectivity index (χ1v) is 8.58. The zero-order chi connectivity index (χ0) is 17.0. The van der Waals surface area contributed by atoms with Crippen LogP contribution in [0.2, 0.25) is 0 Å². The molecular weight excluding hydrogens is 316 g/mol. The van der Waals surface area contributed by atoms with Crippen LogP contribution in [0.5, 0.6) is 17.2 Å². The molecule has 0 saturated carbocycles. The molecule has 0 aliphatic carbocycles. The number of rotatable bonds is 6. The number of hydrogen-bond acceptors (Lipinski definition) is 5. The van der Waals surface area contributed by atoms with Crippen LogP contribution >= 0.6 is 0 Å². The third kappa shape index (κ3) is 4.39. The van der Waals surface area contributed by atoms with Crippen LogP contribution in [0.15, 0.2) is 47.4 Å². The standard InChI is InChI=1S/C17H20O5S/c1-12(2)21-17-9-8-16(10-13(17)3)23(18,19)22-15-7-5-6-14(11-15)20-4/h5-12H,1-4H3. The molecule has 0 fully saturated rings. The van der Waals surface area contributed by atoms with Gasteiger partial charge in [0.2, 0.25) is 0 Å². The number of methoxy groups -OCH3 is 1. The molecule has 0 atom stereocenters. The molecule has 6 heteroatoms. The molecule has 2 aromatic rings. The van der Waals surface area contributed by atoms with Crippen molar-refractivity contribution in [2.45, 2.75) is 31.8 Å². The fraction of sp³-hybridized carbons (Fsp3) is 0.294. The number of ether oxygens (including phenoxy) is 2. The number of benzene rings is 2. The van der Waals surface area contributed by atoms with E-state index < -0.39 is 10.1 Å². The lowest BCUT2D eigenvalue weighted by Crippen LogP contribution is -2.11. The molecule has 0 unspecified atom stereocenters. The van der Waals surface area contributed by atoms with E-state index in [2.05, 4.69) is 0 Å². The minimum Gasteiger partial charge on any atom is -0.497 e. The van der Waals surface area contributed by atoms with Crippen LogP contribution < -0.4 is 13.7 Å². The zero-order valence-electron chi connectivity index (χ0n) is 13.6. The maximum Gasteiger partial charge on any atom is 0.339 e. The molecule has 0 radical (unpaired) electrons. The molecule has 2 rings (SSSR count). The van der Waals surface area contributed by atoms with E-state index in [1.54, 1.807) is 31.2 Å². The van der Waals surface area contributed by atoms with Crippen LogP contribution in [-0.2, 0) is 10.1 Å². The molecule has 0 aromatic heterocycles. The van der Waals surface area contributed by atoms with E-state index in [-0.39, 0.29) is 16.7 Å². The molecule has 0 aliphatic rings. The van der Waals surface area contributed by atoms with E-state index >= 15 is 0 Å². The topological polar surface area (TPSA) is 61.8 Å². The third-order valence-electron chi connectivity index (χ3n) is 3.04. The summed E-state index contributed by atoms with van der Waals surface area (Å²) in [5.74, 6) is 1.37. The van der Waals surface area contributed by atoms with Crippen molar-refractivity contribution >= 4 is 10.1 Å². The first-order chi connectivity index (χ1) is 10.8. The Morgan fingerprint density at radius 1 is 1.00 bits per heavy atom. The summed E-state index contributed by atoms with van der Waals surface area (Å²) in [4.78, 5) is 0.0777. The van der Waals surface area contributed by atoms with Crippen LogP contribution in [0.1, 0.15) is 19.4 Å². The fourth-order valence-electron chi connectivity index (χ4n) is 1.99. The molecule has 0 heterocycles. The number of hydrogen-bond donors (Lipinski definition) is 0. The smallest absolute Gasteiger partial charge is 0.339 e. The molecule has 2 aromatic carbocycles. The van der Waals surface area contributed by atoms with Gasteiger partial charge < -0.3 is 13.7 Å². The molecule has 5 nitrogen and oxygen atoms in total. The Bertz CT molecular complexity index is 781. The van der Waals surface area contributed by atoms with Crippen molar-refractivity contribution in [3.63, 3.8) is 0 Å². The second-order valence-electron chi connectivity index (χ2n) is 5.31. The van der Waals surface area contributed by atoms with E-state index in [1.807, 2.05) is 13.8 Å². The highest BCUT2D eigenvalue weighted by atomic mass is 32.2. The van der Waals surface area contributed by atoms with Crippen molar-refractivity contribution in [2.24, 2.45) is 0 Å². The van der Waals surface area contributed by atoms with Gasteiger partial charge in [-0.2, -0.15) is 8.42 Å². The normalized spacial score (nSPS) is 11.3. The first-order valence-electron chi connectivity index (χ1n) is 7.17. The van der Waals surface area contributed by atoms with E-state index in [1.165, 1.54) is 25.3 Å². The van der Waals surface area contributed by atoms with Crippen molar-refractivity contribution in [1.29, 1.82) is 0 Å². The Labute approximate surface area is 136 Å². The Kier molecular flexibility index (Phi) is 5.15. The van der Waals surface area contributed by atoms with Gasteiger partial charge in [0.1, 0.15) is 22.1 Å². The average Bonchev–Trinajstić information content (AvgIpc) is 2.48. The SMILES string of the molecule is COc1cccc(OS(=O)(=O)c2ccc(OC(C)C)c(C)c2)c1. The molecule has 0 saturated heterocycles. The lowest BCUT2D eigenvalue weighted by Gasteiger charge is -2.14. The third-order valence-corrected chi connectivity index (χ3v) is 4.29. The minimum absolute atomic E-state index is 0.0178. The Hall–Kier alpha value is -2.21. The highest BCUT2D eigenvalue weighted by Crippen LogP contribution is 2.26. The molecular formula is C17H20O5S. The monoisotopic (exact) mass is 336 g/mol. The van der Waals surface area contributed by atoms with Crippen molar-refractivity contribution < 1.29 is 22.1 Å². The second kappa shape index (κ2) is 6.91. The number of aryl methyl sites for hydroxylation is 1. The van der Waals surface area contributed by atoms with Gasteiger partial charge in [-0.3, -0.25) is 0 Å². The van der Waals surface area contributed by atoms with Crippen molar-refractivity contribution in [2.75, 3.05) is 7.11 Å². The van der Waals surface area contributed by atoms with Gasteiger partial charge in [-0.25, -0.2) is 0 Å². The fourth-order valence-corrected chi connectivity index (χ4v) is 3.00. The van der Waals surface area contributed by atoms with Crippen molar-refractivity contribution in [3.8, 4) is 17.2 Å². The molecule has 0 aliphatic heterocycles. The van der Waals surface area contributed by atoms with Gasteiger partial charge in [-0.1, -0.05) is 6.07 Å². The van der Waals surface area contributed by atoms with Gasteiger partial charge in [0.25, 0.3) is 0 Å². The van der Waals surface area contributed by atoms with Gasteiger partial charge >= 0.3 is 10.1 Å². The Morgan fingerprint density at radius 2 is 1.70 bits per heavy atom. The molecule has 0 N–H and O–H groups in total. The van der Waals surface area contributed by atoms with Crippen LogP contribution in [-0.4, -0.2) is 21.6 Å². The lowest BCUT2D eigenvalue weighted by molar-refractivity contribution is 0.240. The average molecular weight is 336 g/mol. The summed E-state index contributed by atoms with van der Waals surface area (Å²) in [6.07, 6.45) is 0.0178. The predicted octanol–water partition coefficient (Wildman–Crippen LogP) is 3.56. The quantitative estimate of drug-likeness (QED) is 0.755. The first kappa shape index (κ1) is 17.1. The van der Waals surface area contributed by atoms with Crippen LogP contribution in [0.4, 0.5) is 0 Å². The van der Waals surface area contributed by atoms with Crippen LogP contribution in [0, 0.1) is 6.92 Å². The molecule has 124 valence electrons. The van der Waals surface area contributed by atoms with Gasteiger partial charge in [-0.15, -0.1) is 0 Å². The van der Waals surface area contributed by atoms with E-state index in [0.717, 1.165) is 5.56 Å². The predicted molar refractivity (Wildman–Crippen MR) is 87.8 cm³/mol. The molecule has 0 spiro atoms. The summed E-state index contributed by atoms with van der Waals surface area (Å²) >= 11 is 0. The summed E-state index contributed by atoms with van der Waals surface area (Å²) in [5, 5.41) is 0. The van der Waals surface area contributed by atoms with E-state index in [0.29, 0.717) is 11.5 Å². The maximum atomic E-state index is 12.4.